The Kier molecular flexibility index (Phi) is 8.50. The van der Waals surface area contributed by atoms with E-state index in [9.17, 15) is 4.39 Å². The number of nitrogens with one attached hydrogen (secondary N) is 1. The van der Waals surface area contributed by atoms with Crippen molar-refractivity contribution in [2.24, 2.45) is 0 Å². The molecule has 0 spiro atoms. The van der Waals surface area contributed by atoms with Crippen molar-refractivity contribution in [2.45, 2.75) is 32.2 Å². The molecule has 0 saturated carbocycles. The van der Waals surface area contributed by atoms with Gasteiger partial charge in [-0.3, -0.25) is 0 Å². The minimum atomic E-state index is -0.278. The molecule has 1 unspecified atom stereocenters. The Bertz CT molecular complexity index is 1020. The summed E-state index contributed by atoms with van der Waals surface area (Å²) < 4.78 is 31.0. The number of halogens is 1. The van der Waals surface area contributed by atoms with Gasteiger partial charge in [-0.2, -0.15) is 0 Å². The van der Waals surface area contributed by atoms with E-state index < -0.39 is 0 Å². The second-order valence-corrected chi connectivity index (χ2v) is 9.00. The molecule has 1 N–H and O–H groups in total. The highest BCUT2D eigenvalue weighted by Gasteiger charge is 2.16. The first-order valence-electron chi connectivity index (χ1n) is 11.4. The van der Waals surface area contributed by atoms with Crippen LogP contribution in [-0.4, -0.2) is 24.8 Å². The average Bonchev–Trinajstić information content (AvgIpc) is 3.37. The summed E-state index contributed by atoms with van der Waals surface area (Å²) in [5, 5.41) is 3.49. The van der Waals surface area contributed by atoms with Crippen LogP contribution in [0.5, 0.6) is 23.0 Å². The van der Waals surface area contributed by atoms with Crippen molar-refractivity contribution in [3.05, 3.63) is 83.7 Å². The third kappa shape index (κ3) is 6.89. The van der Waals surface area contributed by atoms with Crippen molar-refractivity contribution in [1.82, 2.24) is 5.32 Å². The van der Waals surface area contributed by atoms with Crippen LogP contribution in [0, 0.1) is 5.82 Å². The van der Waals surface area contributed by atoms with Gasteiger partial charge in [0.25, 0.3) is 0 Å². The maximum Gasteiger partial charge on any atom is 0.127 e. The van der Waals surface area contributed by atoms with Gasteiger partial charge in [-0.1, -0.05) is 25.5 Å². The van der Waals surface area contributed by atoms with Crippen LogP contribution in [0.2, 0.25) is 0 Å². The quantitative estimate of drug-likeness (QED) is 0.316. The molecule has 3 aromatic carbocycles. The van der Waals surface area contributed by atoms with Gasteiger partial charge in [0, 0.05) is 24.1 Å². The first-order valence-corrected chi connectivity index (χ1v) is 12.6. The Labute approximate surface area is 199 Å². The second kappa shape index (κ2) is 12.0. The van der Waals surface area contributed by atoms with Gasteiger partial charge in [0.1, 0.15) is 28.8 Å². The molecular formula is C27H30FNO3S. The Morgan fingerprint density at radius 1 is 0.939 bits per heavy atom. The molecule has 3 aromatic rings. The van der Waals surface area contributed by atoms with Crippen molar-refractivity contribution in [3.8, 4) is 23.0 Å². The fourth-order valence-corrected chi connectivity index (χ4v) is 4.71. The van der Waals surface area contributed by atoms with E-state index in [1.54, 1.807) is 12.1 Å². The zero-order chi connectivity index (χ0) is 22.9. The largest absolute Gasteiger partial charge is 0.493 e. The van der Waals surface area contributed by atoms with E-state index in [-0.39, 0.29) is 5.82 Å². The van der Waals surface area contributed by atoms with E-state index in [1.807, 2.05) is 36.0 Å². The fraction of sp³-hybridized carbons (Fsp3) is 0.333. The molecule has 4 nitrogen and oxygen atoms in total. The van der Waals surface area contributed by atoms with E-state index in [4.69, 9.17) is 14.2 Å². The van der Waals surface area contributed by atoms with Crippen molar-refractivity contribution in [1.29, 1.82) is 0 Å². The lowest BCUT2D eigenvalue weighted by Gasteiger charge is -2.14. The maximum atomic E-state index is 13.1. The van der Waals surface area contributed by atoms with Crippen molar-refractivity contribution in [2.75, 3.05) is 24.8 Å². The minimum Gasteiger partial charge on any atom is -0.493 e. The number of hydrogen-bond donors (Lipinski definition) is 1. The van der Waals surface area contributed by atoms with Gasteiger partial charge < -0.3 is 19.5 Å². The van der Waals surface area contributed by atoms with Gasteiger partial charge in [-0.15, -0.1) is 11.8 Å². The van der Waals surface area contributed by atoms with Crippen LogP contribution < -0.4 is 19.5 Å². The standard InChI is InChI=1S/C27H30FNO3S/c1-2-5-21-17-25(32-23-10-8-22(28)9-11-23)12-13-27(21)31-15-4-14-30-24-7-3-6-20(16-24)26-18-33-19-29-26/h3,6-13,16-17,26,29H,2,4-5,14-15,18-19H2,1H3. The highest BCUT2D eigenvalue weighted by molar-refractivity contribution is 7.99. The molecule has 0 amide bonds. The predicted molar refractivity (Wildman–Crippen MR) is 132 cm³/mol. The van der Waals surface area contributed by atoms with Crippen LogP contribution in [0.25, 0.3) is 0 Å². The first-order chi connectivity index (χ1) is 16.2. The predicted octanol–water partition coefficient (Wildman–Crippen LogP) is 6.75. The van der Waals surface area contributed by atoms with Gasteiger partial charge in [0.2, 0.25) is 0 Å². The summed E-state index contributed by atoms with van der Waals surface area (Å²) in [6.07, 6.45) is 2.69. The Morgan fingerprint density at radius 2 is 1.76 bits per heavy atom. The molecule has 174 valence electrons. The van der Waals surface area contributed by atoms with Crippen molar-refractivity contribution >= 4 is 11.8 Å². The van der Waals surface area contributed by atoms with Gasteiger partial charge in [-0.05, 0) is 72.1 Å². The molecule has 0 radical (unpaired) electrons. The molecule has 1 heterocycles. The van der Waals surface area contributed by atoms with Crippen LogP contribution >= 0.6 is 11.8 Å². The van der Waals surface area contributed by atoms with Gasteiger partial charge in [0.15, 0.2) is 0 Å². The Morgan fingerprint density at radius 3 is 2.55 bits per heavy atom. The smallest absolute Gasteiger partial charge is 0.127 e. The summed E-state index contributed by atoms with van der Waals surface area (Å²) in [6, 6.07) is 20.6. The van der Waals surface area contributed by atoms with E-state index in [2.05, 4.69) is 30.4 Å². The molecule has 0 aliphatic carbocycles. The molecule has 1 atom stereocenters. The highest BCUT2D eigenvalue weighted by atomic mass is 32.2. The van der Waals surface area contributed by atoms with Crippen molar-refractivity contribution in [3.63, 3.8) is 0 Å². The maximum absolute atomic E-state index is 13.1. The molecule has 0 bridgehead atoms. The van der Waals surface area contributed by atoms with Crippen molar-refractivity contribution < 1.29 is 18.6 Å². The number of hydrogen-bond acceptors (Lipinski definition) is 5. The van der Waals surface area contributed by atoms with Crippen LogP contribution in [0.1, 0.15) is 36.9 Å². The Balaban J connectivity index is 1.27. The molecule has 0 aromatic heterocycles. The minimum absolute atomic E-state index is 0.278. The van der Waals surface area contributed by atoms with Gasteiger partial charge in [0.05, 0.1) is 13.2 Å². The van der Waals surface area contributed by atoms with E-state index in [0.717, 1.165) is 53.7 Å². The number of benzene rings is 3. The normalized spacial score (nSPS) is 15.4. The number of ether oxygens (including phenoxy) is 3. The van der Waals surface area contributed by atoms with Crippen LogP contribution in [0.15, 0.2) is 66.7 Å². The van der Waals surface area contributed by atoms with Gasteiger partial charge in [-0.25, -0.2) is 4.39 Å². The molecule has 1 aliphatic heterocycles. The number of thioether (sulfide) groups is 1. The third-order valence-electron chi connectivity index (χ3n) is 5.39. The molecule has 4 rings (SSSR count). The molecule has 33 heavy (non-hydrogen) atoms. The summed E-state index contributed by atoms with van der Waals surface area (Å²) in [5.74, 6) is 4.93. The lowest BCUT2D eigenvalue weighted by atomic mass is 10.1. The topological polar surface area (TPSA) is 39.7 Å². The van der Waals surface area contributed by atoms with E-state index >= 15 is 0 Å². The molecular weight excluding hydrogens is 437 g/mol. The molecule has 6 heteroatoms. The monoisotopic (exact) mass is 467 g/mol. The fourth-order valence-electron chi connectivity index (χ4n) is 3.72. The van der Waals surface area contributed by atoms with Crippen LogP contribution in [0.4, 0.5) is 4.39 Å². The second-order valence-electron chi connectivity index (χ2n) is 7.97. The highest BCUT2D eigenvalue weighted by Crippen LogP contribution is 2.29. The summed E-state index contributed by atoms with van der Waals surface area (Å²) in [6.45, 7) is 3.32. The van der Waals surface area contributed by atoms with E-state index in [0.29, 0.717) is 25.0 Å². The Hall–Kier alpha value is -2.70. The average molecular weight is 468 g/mol. The first kappa shape index (κ1) is 23.5. The summed E-state index contributed by atoms with van der Waals surface area (Å²) in [7, 11) is 0. The molecule has 1 fully saturated rings. The summed E-state index contributed by atoms with van der Waals surface area (Å²) >= 11 is 1.92. The van der Waals surface area contributed by atoms with Crippen LogP contribution in [0.3, 0.4) is 0 Å². The number of aryl methyl sites for hydroxylation is 1. The molecule has 1 aliphatic rings. The lowest BCUT2D eigenvalue weighted by Crippen LogP contribution is -2.14. The third-order valence-corrected chi connectivity index (χ3v) is 6.33. The van der Waals surface area contributed by atoms with E-state index in [1.165, 1.54) is 17.7 Å². The summed E-state index contributed by atoms with van der Waals surface area (Å²) in [5.41, 5.74) is 2.38. The zero-order valence-electron chi connectivity index (χ0n) is 18.9. The van der Waals surface area contributed by atoms with Crippen LogP contribution in [-0.2, 0) is 6.42 Å². The van der Waals surface area contributed by atoms with Gasteiger partial charge >= 0.3 is 0 Å². The lowest BCUT2D eigenvalue weighted by molar-refractivity contribution is 0.246. The molecule has 1 saturated heterocycles. The SMILES string of the molecule is CCCc1cc(Oc2ccc(F)cc2)ccc1OCCCOc1cccc(C2CSCN2)c1. The summed E-state index contributed by atoms with van der Waals surface area (Å²) in [4.78, 5) is 0. The zero-order valence-corrected chi connectivity index (χ0v) is 19.7. The number of rotatable bonds is 11.